The number of carbonyl (C=O) groups excluding carboxylic acids is 1. The Morgan fingerprint density at radius 1 is 1.39 bits per heavy atom. The van der Waals surface area contributed by atoms with Gasteiger partial charge in [0.1, 0.15) is 17.5 Å². The van der Waals surface area contributed by atoms with E-state index in [-0.39, 0.29) is 12.0 Å². The van der Waals surface area contributed by atoms with Crippen LogP contribution in [0.3, 0.4) is 0 Å². The van der Waals surface area contributed by atoms with Crippen molar-refractivity contribution in [1.82, 2.24) is 9.88 Å². The van der Waals surface area contributed by atoms with Gasteiger partial charge < -0.3 is 19.7 Å². The van der Waals surface area contributed by atoms with E-state index in [4.69, 9.17) is 26.3 Å². The molecule has 2 aromatic rings. The summed E-state index contributed by atoms with van der Waals surface area (Å²) in [6.07, 6.45) is 3.57. The van der Waals surface area contributed by atoms with Crippen molar-refractivity contribution in [2.24, 2.45) is 0 Å². The summed E-state index contributed by atoms with van der Waals surface area (Å²) in [7, 11) is 0. The molecule has 2 atom stereocenters. The van der Waals surface area contributed by atoms with Gasteiger partial charge in [-0.1, -0.05) is 23.7 Å². The lowest BCUT2D eigenvalue weighted by molar-refractivity contribution is -0.135. The van der Waals surface area contributed by atoms with Crippen LogP contribution in [-0.2, 0) is 20.7 Å². The van der Waals surface area contributed by atoms with Gasteiger partial charge in [-0.3, -0.25) is 4.79 Å². The average molecular weight is 441 g/mol. The minimum atomic E-state index is -0.481. The summed E-state index contributed by atoms with van der Waals surface area (Å²) < 4.78 is 12.2. The highest BCUT2D eigenvalue weighted by molar-refractivity contribution is 6.30. The van der Waals surface area contributed by atoms with Crippen LogP contribution in [-0.4, -0.2) is 60.3 Å². The Morgan fingerprint density at radius 2 is 2.29 bits per heavy atom. The van der Waals surface area contributed by atoms with Crippen LogP contribution in [0.1, 0.15) is 24.0 Å². The van der Waals surface area contributed by atoms with Crippen LogP contribution in [0.2, 0.25) is 5.02 Å². The molecule has 0 bridgehead atoms. The van der Waals surface area contributed by atoms with Gasteiger partial charge >= 0.3 is 0 Å². The zero-order valence-electron chi connectivity index (χ0n) is 17.2. The molecule has 1 amide bonds. The van der Waals surface area contributed by atoms with Crippen LogP contribution in [0.25, 0.3) is 0 Å². The lowest BCUT2D eigenvalue weighted by atomic mass is 9.99. The highest BCUT2D eigenvalue weighted by Crippen LogP contribution is 2.33. The van der Waals surface area contributed by atoms with Gasteiger partial charge in [0, 0.05) is 24.3 Å². The van der Waals surface area contributed by atoms with E-state index in [1.54, 1.807) is 24.4 Å². The molecule has 2 aliphatic heterocycles. The quantitative estimate of drug-likeness (QED) is 0.768. The van der Waals surface area contributed by atoms with E-state index in [0.29, 0.717) is 55.7 Å². The molecule has 4 rings (SSSR count). The van der Waals surface area contributed by atoms with Gasteiger partial charge in [0.15, 0.2) is 0 Å². The number of anilines is 1. The fourth-order valence-electron chi connectivity index (χ4n) is 4.10. The molecular weight excluding hydrogens is 416 g/mol. The van der Waals surface area contributed by atoms with E-state index in [1.165, 1.54) is 0 Å². The highest BCUT2D eigenvalue weighted by atomic mass is 35.5. The molecule has 0 radical (unpaired) electrons. The zero-order valence-corrected chi connectivity index (χ0v) is 18.0. The predicted octanol–water partition coefficient (Wildman–Crippen LogP) is 3.04. The van der Waals surface area contributed by atoms with Gasteiger partial charge in [0.05, 0.1) is 37.8 Å². The predicted molar refractivity (Wildman–Crippen MR) is 117 cm³/mol. The number of ether oxygens (including phenoxy) is 2. The number of rotatable bonds is 5. The van der Waals surface area contributed by atoms with Gasteiger partial charge in [-0.2, -0.15) is 5.26 Å². The summed E-state index contributed by atoms with van der Waals surface area (Å²) in [5, 5.41) is 12.8. The SMILES string of the molecule is N#Cc1ccc(NC[C@@H]2CC[C@]3(COCCN(C(=O)Cc4cccc(Cl)c4)C3)O2)nc1. The number of halogens is 1. The maximum Gasteiger partial charge on any atom is 0.227 e. The van der Waals surface area contributed by atoms with Crippen LogP contribution in [0.15, 0.2) is 42.6 Å². The molecule has 0 aliphatic carbocycles. The largest absolute Gasteiger partial charge is 0.377 e. The third-order valence-electron chi connectivity index (χ3n) is 5.69. The van der Waals surface area contributed by atoms with E-state index >= 15 is 0 Å². The van der Waals surface area contributed by atoms with Crippen molar-refractivity contribution in [2.45, 2.75) is 31.0 Å². The van der Waals surface area contributed by atoms with Crippen molar-refractivity contribution in [3.05, 3.63) is 58.7 Å². The molecule has 3 heterocycles. The van der Waals surface area contributed by atoms with E-state index in [2.05, 4.69) is 16.4 Å². The molecule has 162 valence electrons. The molecule has 1 aromatic heterocycles. The van der Waals surface area contributed by atoms with Crippen LogP contribution in [0.4, 0.5) is 5.82 Å². The molecule has 1 N–H and O–H groups in total. The number of amides is 1. The maximum absolute atomic E-state index is 12.9. The monoisotopic (exact) mass is 440 g/mol. The molecule has 31 heavy (non-hydrogen) atoms. The first-order valence-electron chi connectivity index (χ1n) is 10.4. The maximum atomic E-state index is 12.9. The van der Waals surface area contributed by atoms with Crippen molar-refractivity contribution in [3.63, 3.8) is 0 Å². The van der Waals surface area contributed by atoms with Crippen LogP contribution >= 0.6 is 11.6 Å². The molecule has 1 spiro atoms. The van der Waals surface area contributed by atoms with Gasteiger partial charge in [-0.05, 0) is 42.7 Å². The standard InChI is InChI=1S/C23H25ClN4O3/c24-19-3-1-2-17(10-19)11-22(29)28-8-9-30-16-23(15-28)7-6-20(31-23)14-27-21-5-4-18(12-25)13-26-21/h1-5,10,13,20H,6-9,11,14-16H2,(H,26,27)/t20-,23-/m0/s1. The zero-order chi connectivity index (χ0) is 21.7. The number of pyridine rings is 1. The number of carbonyl (C=O) groups is 1. The molecule has 0 unspecified atom stereocenters. The summed E-state index contributed by atoms with van der Waals surface area (Å²) >= 11 is 6.05. The minimum Gasteiger partial charge on any atom is -0.377 e. The second-order valence-corrected chi connectivity index (χ2v) is 8.50. The van der Waals surface area contributed by atoms with Gasteiger partial charge in [0.2, 0.25) is 5.91 Å². The van der Waals surface area contributed by atoms with Crippen molar-refractivity contribution < 1.29 is 14.3 Å². The second kappa shape index (κ2) is 9.65. The molecule has 1 aromatic carbocycles. The van der Waals surface area contributed by atoms with Crippen LogP contribution in [0, 0.1) is 11.3 Å². The summed E-state index contributed by atoms with van der Waals surface area (Å²) in [5.41, 5.74) is 0.950. The van der Waals surface area contributed by atoms with Crippen molar-refractivity contribution in [2.75, 3.05) is 38.2 Å². The first-order chi connectivity index (χ1) is 15.0. The molecule has 7 nitrogen and oxygen atoms in total. The Hall–Kier alpha value is -2.66. The summed E-state index contributed by atoms with van der Waals surface area (Å²) in [5.74, 6) is 0.762. The first-order valence-corrected chi connectivity index (χ1v) is 10.8. The number of hydrogen-bond acceptors (Lipinski definition) is 6. The third kappa shape index (κ3) is 5.53. The number of benzene rings is 1. The highest BCUT2D eigenvalue weighted by Gasteiger charge is 2.43. The van der Waals surface area contributed by atoms with Crippen molar-refractivity contribution in [3.8, 4) is 6.07 Å². The fraction of sp³-hybridized carbons (Fsp3) is 0.435. The molecule has 2 fully saturated rings. The lowest BCUT2D eigenvalue weighted by Gasteiger charge is -2.32. The number of aromatic nitrogens is 1. The van der Waals surface area contributed by atoms with Gasteiger partial charge in [-0.15, -0.1) is 0 Å². The van der Waals surface area contributed by atoms with Crippen molar-refractivity contribution >= 4 is 23.3 Å². The number of nitrogens with zero attached hydrogens (tertiary/aromatic N) is 3. The Balaban J connectivity index is 1.34. The van der Waals surface area contributed by atoms with E-state index in [0.717, 1.165) is 18.4 Å². The van der Waals surface area contributed by atoms with E-state index in [9.17, 15) is 4.79 Å². The normalized spacial score (nSPS) is 23.4. The third-order valence-corrected chi connectivity index (χ3v) is 5.92. The molecular formula is C23H25ClN4O3. The Labute approximate surface area is 186 Å². The summed E-state index contributed by atoms with van der Waals surface area (Å²) in [6, 6.07) is 13.0. The Bertz CT molecular complexity index is 962. The smallest absolute Gasteiger partial charge is 0.227 e. The number of nitrogens with one attached hydrogen (secondary N) is 1. The Kier molecular flexibility index (Phi) is 6.71. The molecule has 0 saturated carbocycles. The lowest BCUT2D eigenvalue weighted by Crippen LogP contribution is -2.47. The molecule has 2 saturated heterocycles. The summed E-state index contributed by atoms with van der Waals surface area (Å²) in [4.78, 5) is 19.0. The number of nitriles is 1. The van der Waals surface area contributed by atoms with Crippen LogP contribution < -0.4 is 5.32 Å². The average Bonchev–Trinajstić information content (AvgIpc) is 3.04. The van der Waals surface area contributed by atoms with Gasteiger partial charge in [-0.25, -0.2) is 4.98 Å². The Morgan fingerprint density at radius 3 is 3.06 bits per heavy atom. The van der Waals surface area contributed by atoms with Crippen molar-refractivity contribution in [1.29, 1.82) is 5.26 Å². The molecule has 8 heteroatoms. The fourth-order valence-corrected chi connectivity index (χ4v) is 4.31. The van der Waals surface area contributed by atoms with E-state index in [1.807, 2.05) is 23.1 Å². The van der Waals surface area contributed by atoms with Gasteiger partial charge in [0.25, 0.3) is 0 Å². The first kappa shape index (κ1) is 21.6. The number of hydrogen-bond donors (Lipinski definition) is 1. The molecule has 2 aliphatic rings. The second-order valence-electron chi connectivity index (χ2n) is 8.06. The topological polar surface area (TPSA) is 87.5 Å². The minimum absolute atomic E-state index is 0.00373. The van der Waals surface area contributed by atoms with Crippen LogP contribution in [0.5, 0.6) is 0 Å². The van der Waals surface area contributed by atoms with E-state index < -0.39 is 5.60 Å². The summed E-state index contributed by atoms with van der Waals surface area (Å²) in [6.45, 7) is 2.68.